The molecule has 5 atom stereocenters. The fourth-order valence-corrected chi connectivity index (χ4v) is 4.26. The van der Waals surface area contributed by atoms with Crippen molar-refractivity contribution in [2.24, 2.45) is 5.16 Å². The first-order valence-corrected chi connectivity index (χ1v) is 10.1. The first kappa shape index (κ1) is 21.9. The third-order valence-corrected chi connectivity index (χ3v) is 6.07. The summed E-state index contributed by atoms with van der Waals surface area (Å²) in [4.78, 5) is 4.81. The second-order valence-electron chi connectivity index (χ2n) is 8.09. The van der Waals surface area contributed by atoms with E-state index in [2.05, 4.69) is 5.16 Å². The highest BCUT2D eigenvalue weighted by molar-refractivity contribution is 5.98. The molecule has 0 spiro atoms. The van der Waals surface area contributed by atoms with Gasteiger partial charge in [0.1, 0.15) is 31.0 Å². The summed E-state index contributed by atoms with van der Waals surface area (Å²) in [7, 11) is 1.51. The maximum atomic E-state index is 10.7. The first-order valence-electron chi connectivity index (χ1n) is 10.1. The van der Waals surface area contributed by atoms with Gasteiger partial charge in [-0.2, -0.15) is 0 Å². The lowest BCUT2D eigenvalue weighted by molar-refractivity contribution is -0.329. The molecule has 0 radical (unpaired) electrons. The third-order valence-electron chi connectivity index (χ3n) is 6.07. The van der Waals surface area contributed by atoms with E-state index in [-0.39, 0.29) is 6.61 Å². The Bertz CT molecular complexity index is 963. The lowest BCUT2D eigenvalue weighted by Crippen LogP contribution is -2.65. The van der Waals surface area contributed by atoms with E-state index in [1.807, 2.05) is 49.4 Å². The van der Waals surface area contributed by atoms with Gasteiger partial charge in [0, 0.05) is 5.56 Å². The Morgan fingerprint density at radius 3 is 2.52 bits per heavy atom. The number of ether oxygens (including phenoxy) is 2. The van der Waals surface area contributed by atoms with Crippen molar-refractivity contribution in [3.05, 3.63) is 70.8 Å². The second kappa shape index (κ2) is 8.31. The zero-order chi connectivity index (χ0) is 22.2. The topological polar surface area (TPSA) is 121 Å². The van der Waals surface area contributed by atoms with E-state index in [1.165, 1.54) is 7.11 Å². The van der Waals surface area contributed by atoms with Crippen LogP contribution in [-0.4, -0.2) is 70.4 Å². The van der Waals surface area contributed by atoms with Gasteiger partial charge in [0.25, 0.3) is 0 Å². The molecule has 0 unspecified atom stereocenters. The molecule has 2 aliphatic rings. The van der Waals surface area contributed by atoms with Crippen molar-refractivity contribution in [2.75, 3.05) is 20.3 Å². The van der Waals surface area contributed by atoms with Crippen molar-refractivity contribution >= 4 is 5.71 Å². The Morgan fingerprint density at radius 1 is 1.10 bits per heavy atom. The van der Waals surface area contributed by atoms with Crippen molar-refractivity contribution in [3.63, 3.8) is 0 Å². The molecule has 8 nitrogen and oxygen atoms in total. The molecule has 4 N–H and O–H groups in total. The summed E-state index contributed by atoms with van der Waals surface area (Å²) in [6.45, 7) is 1.18. The van der Waals surface area contributed by atoms with Crippen LogP contribution >= 0.6 is 0 Å². The Morgan fingerprint density at radius 2 is 1.84 bits per heavy atom. The molecular weight excluding hydrogens is 402 g/mol. The van der Waals surface area contributed by atoms with Gasteiger partial charge in [-0.05, 0) is 36.1 Å². The van der Waals surface area contributed by atoms with Crippen LogP contribution < -0.4 is 0 Å². The number of benzene rings is 2. The van der Waals surface area contributed by atoms with Crippen LogP contribution in [0, 0.1) is 0 Å². The number of fused-ring (bicyclic) bond motifs is 2. The fourth-order valence-electron chi connectivity index (χ4n) is 4.26. The lowest BCUT2D eigenvalue weighted by Gasteiger charge is -2.45. The molecule has 8 heteroatoms. The van der Waals surface area contributed by atoms with Gasteiger partial charge in [0.05, 0.1) is 18.9 Å². The van der Waals surface area contributed by atoms with Gasteiger partial charge in [0.2, 0.25) is 5.79 Å². The van der Waals surface area contributed by atoms with Crippen molar-refractivity contribution in [2.45, 2.75) is 43.0 Å². The molecule has 0 amide bonds. The minimum Gasteiger partial charge on any atom is -0.399 e. The highest BCUT2D eigenvalue weighted by atomic mass is 16.8. The molecule has 2 bridgehead atoms. The predicted octanol–water partition coefficient (Wildman–Crippen LogP) is 0.675. The van der Waals surface area contributed by atoms with Gasteiger partial charge in [-0.25, -0.2) is 0 Å². The average Bonchev–Trinajstić information content (AvgIpc) is 3.18. The van der Waals surface area contributed by atoms with E-state index >= 15 is 0 Å². The lowest BCUT2D eigenvalue weighted by atomic mass is 9.83. The highest BCUT2D eigenvalue weighted by Gasteiger charge is 2.67. The van der Waals surface area contributed by atoms with Crippen LogP contribution in [0.1, 0.15) is 29.2 Å². The number of oxime groups is 1. The second-order valence-corrected chi connectivity index (χ2v) is 8.09. The highest BCUT2D eigenvalue weighted by Crippen LogP contribution is 2.49. The van der Waals surface area contributed by atoms with Gasteiger partial charge in [-0.1, -0.05) is 47.6 Å². The number of nitrogens with zero attached hydrogens (tertiary/aromatic N) is 1. The normalized spacial score (nSPS) is 32.8. The van der Waals surface area contributed by atoms with Crippen LogP contribution in [0.25, 0.3) is 0 Å². The largest absolute Gasteiger partial charge is 0.399 e. The molecule has 2 aromatic carbocycles. The maximum Gasteiger partial charge on any atom is 0.225 e. The monoisotopic (exact) mass is 429 g/mol. The number of hydrogen-bond donors (Lipinski definition) is 4. The minimum atomic E-state index is -1.66. The molecule has 166 valence electrons. The Labute approximate surface area is 180 Å². The SMILES string of the molecule is CON=C(C)c1ccc(Cc2cccc([C@]34OC[C@](CO)(O3)[C@@H](O)[C@H](O)[C@H]4O)c2)cc1. The van der Waals surface area contributed by atoms with Crippen LogP contribution in [0.15, 0.2) is 53.7 Å². The maximum absolute atomic E-state index is 10.7. The van der Waals surface area contributed by atoms with Gasteiger partial charge in [-0.15, -0.1) is 0 Å². The van der Waals surface area contributed by atoms with Gasteiger partial charge < -0.3 is 34.7 Å². The predicted molar refractivity (Wildman–Crippen MR) is 111 cm³/mol. The molecule has 2 saturated heterocycles. The number of rotatable bonds is 6. The molecule has 31 heavy (non-hydrogen) atoms. The number of hydrogen-bond acceptors (Lipinski definition) is 8. The molecule has 0 aromatic heterocycles. The molecule has 2 aromatic rings. The summed E-state index contributed by atoms with van der Waals surface area (Å²) < 4.78 is 11.7. The zero-order valence-electron chi connectivity index (χ0n) is 17.4. The molecule has 0 saturated carbocycles. The van der Waals surface area contributed by atoms with Crippen molar-refractivity contribution in [3.8, 4) is 0 Å². The molecular formula is C23H27NO7. The van der Waals surface area contributed by atoms with E-state index < -0.39 is 36.3 Å². The summed E-state index contributed by atoms with van der Waals surface area (Å²) in [5.74, 6) is -1.66. The Hall–Kier alpha value is -2.33. The summed E-state index contributed by atoms with van der Waals surface area (Å²) in [5, 5.41) is 45.1. The summed E-state index contributed by atoms with van der Waals surface area (Å²) in [6.07, 6.45) is -3.87. The molecule has 0 aliphatic carbocycles. The quantitative estimate of drug-likeness (QED) is 0.394. The first-order chi connectivity index (χ1) is 14.8. The van der Waals surface area contributed by atoms with E-state index in [9.17, 15) is 20.4 Å². The average molecular weight is 429 g/mol. The Balaban J connectivity index is 1.60. The van der Waals surface area contributed by atoms with Gasteiger partial charge in [-0.3, -0.25) is 0 Å². The molecule has 2 aliphatic heterocycles. The number of aliphatic hydroxyl groups is 4. The van der Waals surface area contributed by atoms with Gasteiger partial charge >= 0.3 is 0 Å². The van der Waals surface area contributed by atoms with Crippen LogP contribution in [0.4, 0.5) is 0 Å². The summed E-state index contributed by atoms with van der Waals surface area (Å²) >= 11 is 0. The minimum absolute atomic E-state index is 0.146. The van der Waals surface area contributed by atoms with Crippen LogP contribution in [0.5, 0.6) is 0 Å². The molecule has 4 rings (SSSR count). The summed E-state index contributed by atoms with van der Waals surface area (Å²) in [5.41, 5.74) is 2.80. The van der Waals surface area contributed by atoms with Crippen LogP contribution in [-0.2, 0) is 26.5 Å². The van der Waals surface area contributed by atoms with E-state index in [4.69, 9.17) is 14.3 Å². The summed E-state index contributed by atoms with van der Waals surface area (Å²) in [6, 6.07) is 15.3. The van der Waals surface area contributed by atoms with Crippen LogP contribution in [0.2, 0.25) is 0 Å². The van der Waals surface area contributed by atoms with E-state index in [0.717, 1.165) is 22.4 Å². The Kier molecular flexibility index (Phi) is 5.87. The third kappa shape index (κ3) is 3.65. The van der Waals surface area contributed by atoms with Gasteiger partial charge in [0.15, 0.2) is 0 Å². The smallest absolute Gasteiger partial charge is 0.225 e. The zero-order valence-corrected chi connectivity index (χ0v) is 17.4. The number of aliphatic hydroxyl groups excluding tert-OH is 4. The fraction of sp³-hybridized carbons (Fsp3) is 0.435. The van der Waals surface area contributed by atoms with Crippen LogP contribution in [0.3, 0.4) is 0 Å². The molecule has 2 fully saturated rings. The van der Waals surface area contributed by atoms with Crippen molar-refractivity contribution < 1.29 is 34.7 Å². The van der Waals surface area contributed by atoms with Crippen molar-refractivity contribution in [1.82, 2.24) is 0 Å². The van der Waals surface area contributed by atoms with E-state index in [0.29, 0.717) is 12.0 Å². The van der Waals surface area contributed by atoms with E-state index in [1.54, 1.807) is 6.07 Å². The standard InChI is InChI=1S/C23H27NO7/c1-14(24-29-2)17-8-6-15(7-9-17)10-16-4-3-5-18(11-16)23-21(28)19(26)20(27)22(12-25,31-23)13-30-23/h3-9,11,19-21,25-28H,10,12-13H2,1-2H3/t19-,20-,21+,22-,23-/m0/s1. The molecule has 2 heterocycles. The van der Waals surface area contributed by atoms with Crippen molar-refractivity contribution in [1.29, 1.82) is 0 Å².